The van der Waals surface area contributed by atoms with E-state index in [0.717, 1.165) is 21.2 Å². The van der Waals surface area contributed by atoms with E-state index in [1.54, 1.807) is 6.07 Å². The Hall–Kier alpha value is -3.15. The van der Waals surface area contributed by atoms with Gasteiger partial charge >= 0.3 is 11.9 Å². The Morgan fingerprint density at radius 1 is 1.12 bits per heavy atom. The summed E-state index contributed by atoms with van der Waals surface area (Å²) in [5.74, 6) is -2.21. The molecule has 0 bridgehead atoms. The van der Waals surface area contributed by atoms with Crippen LogP contribution in [0.25, 0.3) is 16.8 Å². The van der Waals surface area contributed by atoms with Crippen molar-refractivity contribution in [3.63, 3.8) is 0 Å². The number of likely N-dealkylation sites (N-methyl/N-ethyl adjacent to an activating group) is 1. The molecule has 6 nitrogen and oxygen atoms in total. The monoisotopic (exact) mass is 341 g/mol. The highest BCUT2D eigenvalue weighted by atomic mass is 16.5. The molecular formula is C19H19NO5. The first-order chi connectivity index (χ1) is 11.9. The summed E-state index contributed by atoms with van der Waals surface area (Å²) in [6, 6.07) is 13.2. The third-order valence-electron chi connectivity index (χ3n) is 3.79. The fourth-order valence-corrected chi connectivity index (χ4v) is 2.40. The van der Waals surface area contributed by atoms with Gasteiger partial charge in [0.2, 0.25) is 5.91 Å². The van der Waals surface area contributed by atoms with E-state index in [2.05, 4.69) is 4.74 Å². The molecule has 2 aromatic rings. The maximum absolute atomic E-state index is 12.2. The lowest BCUT2D eigenvalue weighted by molar-refractivity contribution is -0.146. The zero-order valence-corrected chi connectivity index (χ0v) is 14.1. The van der Waals surface area contributed by atoms with Crippen molar-refractivity contribution in [2.24, 2.45) is 0 Å². The van der Waals surface area contributed by atoms with Gasteiger partial charge in [0.15, 0.2) is 0 Å². The van der Waals surface area contributed by atoms with E-state index in [-0.39, 0.29) is 18.5 Å². The highest BCUT2D eigenvalue weighted by molar-refractivity contribution is 6.01. The first-order valence-corrected chi connectivity index (χ1v) is 7.64. The van der Waals surface area contributed by atoms with Gasteiger partial charge in [-0.3, -0.25) is 9.59 Å². The van der Waals surface area contributed by atoms with Crippen LogP contribution in [-0.4, -0.2) is 48.6 Å². The Morgan fingerprint density at radius 2 is 1.80 bits per heavy atom. The van der Waals surface area contributed by atoms with Crippen molar-refractivity contribution in [1.29, 1.82) is 0 Å². The van der Waals surface area contributed by atoms with Gasteiger partial charge in [-0.2, -0.15) is 0 Å². The largest absolute Gasteiger partial charge is 0.478 e. The number of aliphatic carboxylic acids is 1. The molecule has 2 rings (SSSR count). The van der Waals surface area contributed by atoms with Crippen molar-refractivity contribution in [3.05, 3.63) is 53.6 Å². The van der Waals surface area contributed by atoms with Gasteiger partial charge in [-0.05, 0) is 22.4 Å². The predicted molar refractivity (Wildman–Crippen MR) is 93.8 cm³/mol. The van der Waals surface area contributed by atoms with Gasteiger partial charge in [0.05, 0.1) is 13.5 Å². The first kappa shape index (κ1) is 18.2. The zero-order chi connectivity index (χ0) is 18.4. The van der Waals surface area contributed by atoms with Crippen LogP contribution in [0, 0.1) is 0 Å². The third-order valence-corrected chi connectivity index (χ3v) is 3.79. The molecule has 0 aliphatic carbocycles. The number of rotatable bonds is 6. The number of benzene rings is 2. The van der Waals surface area contributed by atoms with Crippen LogP contribution in [0.2, 0.25) is 0 Å². The minimum atomic E-state index is -1.17. The van der Waals surface area contributed by atoms with E-state index in [9.17, 15) is 19.5 Å². The van der Waals surface area contributed by atoms with E-state index in [0.29, 0.717) is 0 Å². The molecule has 0 spiro atoms. The molecule has 1 N–H and O–H groups in total. The van der Waals surface area contributed by atoms with E-state index in [4.69, 9.17) is 0 Å². The number of methoxy groups -OCH3 is 1. The van der Waals surface area contributed by atoms with Gasteiger partial charge in [0.25, 0.3) is 0 Å². The van der Waals surface area contributed by atoms with Crippen molar-refractivity contribution in [1.82, 2.24) is 4.90 Å². The average molecular weight is 341 g/mol. The smallest absolute Gasteiger partial charge is 0.332 e. The Balaban J connectivity index is 2.28. The number of carboxylic acids is 1. The molecule has 130 valence electrons. The molecule has 0 saturated heterocycles. The van der Waals surface area contributed by atoms with Crippen molar-refractivity contribution in [2.45, 2.75) is 6.42 Å². The maximum atomic E-state index is 12.2. The predicted octanol–water partition coefficient (Wildman–Crippen LogP) is 2.33. The Labute approximate surface area is 145 Å². The molecule has 0 aliphatic rings. The summed E-state index contributed by atoms with van der Waals surface area (Å²) in [6.07, 6.45) is 1.18. The van der Waals surface area contributed by atoms with Crippen LogP contribution >= 0.6 is 0 Å². The van der Waals surface area contributed by atoms with E-state index in [1.165, 1.54) is 20.2 Å². The molecule has 0 aliphatic heterocycles. The number of esters is 1. The van der Waals surface area contributed by atoms with Crippen LogP contribution in [0.3, 0.4) is 0 Å². The molecule has 1 amide bonds. The molecule has 0 atom stereocenters. The number of carbonyl (C=O) groups is 3. The number of fused-ring (bicyclic) bond motifs is 1. The number of hydrogen-bond acceptors (Lipinski definition) is 4. The van der Waals surface area contributed by atoms with Crippen molar-refractivity contribution in [3.8, 4) is 0 Å². The highest BCUT2D eigenvalue weighted by Crippen LogP contribution is 2.22. The van der Waals surface area contributed by atoms with Crippen LogP contribution in [-0.2, 0) is 19.1 Å². The fourth-order valence-electron chi connectivity index (χ4n) is 2.40. The van der Waals surface area contributed by atoms with Crippen LogP contribution in [0.4, 0.5) is 0 Å². The Kier molecular flexibility index (Phi) is 5.89. The first-order valence-electron chi connectivity index (χ1n) is 7.64. The summed E-state index contributed by atoms with van der Waals surface area (Å²) < 4.78 is 4.50. The molecule has 0 fully saturated rings. The maximum Gasteiger partial charge on any atom is 0.332 e. The zero-order valence-electron chi connectivity index (χ0n) is 14.1. The summed E-state index contributed by atoms with van der Waals surface area (Å²) >= 11 is 0. The van der Waals surface area contributed by atoms with Gasteiger partial charge in [-0.15, -0.1) is 0 Å². The van der Waals surface area contributed by atoms with Crippen LogP contribution in [0.1, 0.15) is 12.0 Å². The quantitative estimate of drug-likeness (QED) is 0.644. The second-order valence-corrected chi connectivity index (χ2v) is 5.55. The highest BCUT2D eigenvalue weighted by Gasteiger charge is 2.18. The van der Waals surface area contributed by atoms with Crippen molar-refractivity contribution >= 4 is 34.7 Å². The summed E-state index contributed by atoms with van der Waals surface area (Å²) in [7, 11) is 2.65. The lowest BCUT2D eigenvalue weighted by Gasteiger charge is -2.15. The molecule has 2 aromatic carbocycles. The van der Waals surface area contributed by atoms with Crippen molar-refractivity contribution in [2.75, 3.05) is 20.7 Å². The number of ether oxygens (including phenoxy) is 1. The third kappa shape index (κ3) is 4.67. The standard InChI is InChI=1S/C19H19NO5/c1-20(12-18(22)25-2)17(21)11-15(19(23)24)10-14-8-5-7-13-6-3-4-9-16(13)14/h3-10H,11-12H2,1-2H3,(H,23,24). The molecule has 0 aromatic heterocycles. The van der Waals surface area contributed by atoms with Gasteiger partial charge in [-0.1, -0.05) is 42.5 Å². The van der Waals surface area contributed by atoms with Crippen molar-refractivity contribution < 1.29 is 24.2 Å². The molecular weight excluding hydrogens is 322 g/mol. The Morgan fingerprint density at radius 3 is 2.48 bits per heavy atom. The van der Waals surface area contributed by atoms with E-state index < -0.39 is 17.8 Å². The van der Waals surface area contributed by atoms with Crippen LogP contribution < -0.4 is 0 Å². The second kappa shape index (κ2) is 8.10. The fraction of sp³-hybridized carbons (Fsp3) is 0.211. The summed E-state index contributed by atoms with van der Waals surface area (Å²) in [4.78, 5) is 36.1. The van der Waals surface area contributed by atoms with Gasteiger partial charge in [0, 0.05) is 12.6 Å². The number of nitrogens with zero attached hydrogens (tertiary/aromatic N) is 1. The minimum absolute atomic E-state index is 0.0435. The molecule has 0 radical (unpaired) electrons. The number of hydrogen-bond donors (Lipinski definition) is 1. The minimum Gasteiger partial charge on any atom is -0.478 e. The van der Waals surface area contributed by atoms with Gasteiger partial charge in [0.1, 0.15) is 6.54 Å². The molecule has 25 heavy (non-hydrogen) atoms. The van der Waals surface area contributed by atoms with E-state index >= 15 is 0 Å². The molecule has 6 heteroatoms. The summed E-state index contributed by atoms with van der Waals surface area (Å²) in [6.45, 7) is -0.226. The summed E-state index contributed by atoms with van der Waals surface area (Å²) in [5.41, 5.74) is 0.678. The number of carboxylic acid groups (broad SMARTS) is 1. The summed E-state index contributed by atoms with van der Waals surface area (Å²) in [5, 5.41) is 11.3. The van der Waals surface area contributed by atoms with Crippen LogP contribution in [0.5, 0.6) is 0 Å². The molecule has 0 heterocycles. The molecule has 0 saturated carbocycles. The SMILES string of the molecule is COC(=O)CN(C)C(=O)CC(=Cc1cccc2ccccc12)C(=O)O. The Bertz CT molecular complexity index is 835. The molecule has 0 unspecified atom stereocenters. The second-order valence-electron chi connectivity index (χ2n) is 5.55. The van der Waals surface area contributed by atoms with Gasteiger partial charge < -0.3 is 14.7 Å². The lowest BCUT2D eigenvalue weighted by atomic mass is 10.0. The normalized spacial score (nSPS) is 11.2. The average Bonchev–Trinajstić information content (AvgIpc) is 2.60. The van der Waals surface area contributed by atoms with Crippen LogP contribution in [0.15, 0.2) is 48.0 Å². The topological polar surface area (TPSA) is 83.9 Å². The van der Waals surface area contributed by atoms with Gasteiger partial charge in [-0.25, -0.2) is 4.79 Å². The number of amides is 1. The van der Waals surface area contributed by atoms with E-state index in [1.807, 2.05) is 36.4 Å². The number of carbonyl (C=O) groups excluding carboxylic acids is 2. The lowest BCUT2D eigenvalue weighted by Crippen LogP contribution is -2.33.